The third-order valence-corrected chi connectivity index (χ3v) is 4.34. The van der Waals surface area contributed by atoms with Crippen molar-refractivity contribution >= 4 is 29.4 Å². The van der Waals surface area contributed by atoms with Crippen molar-refractivity contribution in [2.75, 3.05) is 11.9 Å². The van der Waals surface area contributed by atoms with E-state index in [2.05, 4.69) is 5.32 Å². The van der Waals surface area contributed by atoms with Crippen LogP contribution < -0.4 is 5.32 Å². The average molecular weight is 440 g/mol. The molecule has 170 valence electrons. The minimum absolute atomic E-state index is 0.0731. The zero-order valence-electron chi connectivity index (χ0n) is 18.5. The van der Waals surface area contributed by atoms with Gasteiger partial charge in [0.15, 0.2) is 0 Å². The van der Waals surface area contributed by atoms with Gasteiger partial charge in [0.05, 0.1) is 11.3 Å². The van der Waals surface area contributed by atoms with Gasteiger partial charge in [0.1, 0.15) is 5.60 Å². The first-order valence-electron chi connectivity index (χ1n) is 10.2. The normalized spacial score (nSPS) is 10.8. The van der Waals surface area contributed by atoms with Crippen LogP contribution >= 0.6 is 0 Å². The lowest BCUT2D eigenvalue weighted by atomic mass is 10.1. The van der Waals surface area contributed by atoms with Gasteiger partial charge in [0.25, 0.3) is 5.78 Å². The van der Waals surface area contributed by atoms with Crippen molar-refractivity contribution in [1.82, 2.24) is 4.90 Å². The number of para-hydroxylation sites is 1. The van der Waals surface area contributed by atoms with Crippen molar-refractivity contribution in [2.45, 2.75) is 45.8 Å². The summed E-state index contributed by atoms with van der Waals surface area (Å²) in [6.07, 6.45) is -0.0458. The lowest BCUT2D eigenvalue weighted by Crippen LogP contribution is -2.37. The second kappa shape index (κ2) is 11.1. The molecule has 32 heavy (non-hydrogen) atoms. The molecule has 0 saturated carbocycles. The third-order valence-electron chi connectivity index (χ3n) is 4.34. The predicted octanol–water partition coefficient (Wildman–Crippen LogP) is 4.11. The van der Waals surface area contributed by atoms with Crippen LogP contribution in [0.1, 0.15) is 49.5 Å². The van der Waals surface area contributed by atoms with Gasteiger partial charge in [-0.25, -0.2) is 9.59 Å². The van der Waals surface area contributed by atoms with Gasteiger partial charge in [-0.1, -0.05) is 42.5 Å². The van der Waals surface area contributed by atoms with Crippen molar-refractivity contribution < 1.29 is 29.0 Å². The van der Waals surface area contributed by atoms with Crippen LogP contribution in [-0.4, -0.2) is 45.9 Å². The molecule has 8 nitrogen and oxygen atoms in total. The summed E-state index contributed by atoms with van der Waals surface area (Å²) in [5.74, 6) is -3.08. The number of carbonyl (C=O) groups is 4. The molecule has 0 atom stereocenters. The van der Waals surface area contributed by atoms with Crippen LogP contribution in [-0.2, 0) is 20.9 Å². The Hall–Kier alpha value is -3.68. The first-order valence-corrected chi connectivity index (χ1v) is 10.2. The Bertz CT molecular complexity index is 966. The van der Waals surface area contributed by atoms with Gasteiger partial charge in [0, 0.05) is 19.5 Å². The largest absolute Gasteiger partial charge is 0.475 e. The maximum Gasteiger partial charge on any atom is 0.410 e. The molecule has 0 unspecified atom stereocenters. The molecule has 0 radical (unpaired) electrons. The minimum atomic E-state index is -1.60. The SMILES string of the molecule is CC(C)(C)OC(=O)N(CCCC(=O)Nc1ccccc1C(=O)C(=O)O)Cc1ccccc1. The summed E-state index contributed by atoms with van der Waals surface area (Å²) in [6, 6.07) is 15.4. The lowest BCUT2D eigenvalue weighted by molar-refractivity contribution is -0.131. The van der Waals surface area contributed by atoms with Gasteiger partial charge < -0.3 is 20.1 Å². The van der Waals surface area contributed by atoms with Crippen molar-refractivity contribution in [2.24, 2.45) is 0 Å². The molecular weight excluding hydrogens is 412 g/mol. The molecule has 0 fully saturated rings. The lowest BCUT2D eigenvalue weighted by Gasteiger charge is -2.27. The second-order valence-electron chi connectivity index (χ2n) is 8.22. The van der Waals surface area contributed by atoms with Crippen molar-refractivity contribution in [1.29, 1.82) is 0 Å². The Kier molecular flexibility index (Phi) is 8.52. The standard InChI is InChI=1S/C24H28N2O6/c1-24(2,3)32-23(31)26(16-17-10-5-4-6-11-17)15-9-14-20(27)25-19-13-8-7-12-18(19)21(28)22(29)30/h4-8,10-13H,9,14-16H2,1-3H3,(H,25,27)(H,29,30). The summed E-state index contributed by atoms with van der Waals surface area (Å²) in [5.41, 5.74) is 0.332. The van der Waals surface area contributed by atoms with Gasteiger partial charge in [-0.2, -0.15) is 0 Å². The van der Waals surface area contributed by atoms with Gasteiger partial charge in [-0.3, -0.25) is 9.59 Å². The van der Waals surface area contributed by atoms with E-state index in [4.69, 9.17) is 9.84 Å². The average Bonchev–Trinajstić information content (AvgIpc) is 2.72. The summed E-state index contributed by atoms with van der Waals surface area (Å²) in [7, 11) is 0. The molecule has 0 aromatic heterocycles. The fourth-order valence-corrected chi connectivity index (χ4v) is 2.91. The number of ketones is 1. The molecule has 2 N–H and O–H groups in total. The zero-order valence-corrected chi connectivity index (χ0v) is 18.5. The Morgan fingerprint density at radius 3 is 2.22 bits per heavy atom. The van der Waals surface area contributed by atoms with Crippen LogP contribution in [0.5, 0.6) is 0 Å². The van der Waals surface area contributed by atoms with E-state index in [0.717, 1.165) is 5.56 Å². The maximum absolute atomic E-state index is 12.6. The van der Waals surface area contributed by atoms with Crippen molar-refractivity contribution in [3.63, 3.8) is 0 Å². The van der Waals surface area contributed by atoms with E-state index in [-0.39, 0.29) is 30.1 Å². The number of hydrogen-bond acceptors (Lipinski definition) is 5. The number of aliphatic carboxylic acids is 1. The van der Waals surface area contributed by atoms with Gasteiger partial charge in [-0.15, -0.1) is 0 Å². The van der Waals surface area contributed by atoms with Crippen molar-refractivity contribution in [3.8, 4) is 0 Å². The number of ether oxygens (including phenoxy) is 1. The molecule has 0 aliphatic rings. The molecular formula is C24H28N2O6. The topological polar surface area (TPSA) is 113 Å². The minimum Gasteiger partial charge on any atom is -0.475 e. The van der Waals surface area contributed by atoms with Crippen LogP contribution in [0, 0.1) is 0 Å². The first-order chi connectivity index (χ1) is 15.1. The van der Waals surface area contributed by atoms with E-state index in [1.807, 2.05) is 30.3 Å². The molecule has 0 spiro atoms. The summed E-state index contributed by atoms with van der Waals surface area (Å²) in [4.78, 5) is 49.3. The van der Waals surface area contributed by atoms with Crippen LogP contribution in [0.25, 0.3) is 0 Å². The van der Waals surface area contributed by atoms with E-state index >= 15 is 0 Å². The summed E-state index contributed by atoms with van der Waals surface area (Å²) < 4.78 is 5.48. The molecule has 0 bridgehead atoms. The molecule has 0 heterocycles. The highest BCUT2D eigenvalue weighted by Crippen LogP contribution is 2.17. The number of amides is 2. The van der Waals surface area contributed by atoms with E-state index in [9.17, 15) is 19.2 Å². The van der Waals surface area contributed by atoms with Crippen LogP contribution in [0.2, 0.25) is 0 Å². The zero-order chi connectivity index (χ0) is 23.7. The summed E-state index contributed by atoms with van der Waals surface area (Å²) in [5, 5.41) is 11.5. The molecule has 2 rings (SSSR count). The van der Waals surface area contributed by atoms with Crippen LogP contribution in [0.15, 0.2) is 54.6 Å². The van der Waals surface area contributed by atoms with Crippen LogP contribution in [0.4, 0.5) is 10.5 Å². The van der Waals surface area contributed by atoms with Gasteiger partial charge >= 0.3 is 12.1 Å². The molecule has 0 aliphatic carbocycles. The fraction of sp³-hybridized carbons (Fsp3) is 0.333. The highest BCUT2D eigenvalue weighted by Gasteiger charge is 2.23. The monoisotopic (exact) mass is 440 g/mol. The second-order valence-corrected chi connectivity index (χ2v) is 8.22. The Morgan fingerprint density at radius 2 is 1.59 bits per heavy atom. The van der Waals surface area contributed by atoms with Crippen molar-refractivity contribution in [3.05, 3.63) is 65.7 Å². The highest BCUT2D eigenvalue weighted by atomic mass is 16.6. The Morgan fingerprint density at radius 1 is 0.969 bits per heavy atom. The highest BCUT2D eigenvalue weighted by molar-refractivity contribution is 6.41. The number of carbonyl (C=O) groups excluding carboxylic acids is 3. The number of rotatable bonds is 9. The number of benzene rings is 2. The smallest absolute Gasteiger partial charge is 0.410 e. The van der Waals surface area contributed by atoms with Gasteiger partial charge in [0.2, 0.25) is 5.91 Å². The van der Waals surface area contributed by atoms with E-state index in [1.54, 1.807) is 26.8 Å². The Labute approximate surface area is 187 Å². The maximum atomic E-state index is 12.6. The summed E-state index contributed by atoms with van der Waals surface area (Å²) >= 11 is 0. The predicted molar refractivity (Wildman–Crippen MR) is 119 cm³/mol. The molecule has 2 aromatic rings. The molecule has 0 saturated heterocycles. The number of carboxylic acid groups (broad SMARTS) is 1. The first kappa shape index (κ1) is 24.6. The number of Topliss-reactive ketones (excluding diaryl/α,β-unsaturated/α-hetero) is 1. The van der Waals surface area contributed by atoms with Gasteiger partial charge in [-0.05, 0) is 44.9 Å². The molecule has 0 aliphatic heterocycles. The fourth-order valence-electron chi connectivity index (χ4n) is 2.91. The number of anilines is 1. The Balaban J connectivity index is 2.00. The quantitative estimate of drug-likeness (QED) is 0.448. The number of nitrogens with zero attached hydrogens (tertiary/aromatic N) is 1. The summed E-state index contributed by atoms with van der Waals surface area (Å²) in [6.45, 7) is 5.99. The number of hydrogen-bond donors (Lipinski definition) is 2. The number of nitrogens with one attached hydrogen (secondary N) is 1. The van der Waals surface area contributed by atoms with Crippen LogP contribution in [0.3, 0.4) is 0 Å². The van der Waals surface area contributed by atoms with E-state index in [1.165, 1.54) is 23.1 Å². The third kappa shape index (κ3) is 7.86. The molecule has 2 amide bonds. The number of carboxylic acids is 1. The molecule has 8 heteroatoms. The van der Waals surface area contributed by atoms with E-state index in [0.29, 0.717) is 13.0 Å². The van der Waals surface area contributed by atoms with E-state index < -0.39 is 23.4 Å². The molecule has 2 aromatic carbocycles.